The van der Waals surface area contributed by atoms with Crippen LogP contribution in [-0.4, -0.2) is 29.6 Å². The van der Waals surface area contributed by atoms with Crippen LogP contribution in [0.5, 0.6) is 5.75 Å². The number of amides is 1. The average molecular weight is 263 g/mol. The molecule has 0 aliphatic rings. The number of para-hydroxylation sites is 1. The first kappa shape index (κ1) is 14.8. The molecule has 19 heavy (non-hydrogen) atoms. The van der Waals surface area contributed by atoms with E-state index in [4.69, 9.17) is 9.84 Å². The quantitative estimate of drug-likeness (QED) is 0.736. The number of hydrogen-bond donors (Lipinski definition) is 2. The molecule has 0 aromatic heterocycles. The van der Waals surface area contributed by atoms with Crippen LogP contribution in [0.2, 0.25) is 0 Å². The van der Waals surface area contributed by atoms with E-state index in [9.17, 15) is 9.59 Å². The summed E-state index contributed by atoms with van der Waals surface area (Å²) in [5, 5.41) is 11.4. The van der Waals surface area contributed by atoms with E-state index < -0.39 is 17.9 Å². The molecule has 0 bridgehead atoms. The number of carboxylic acid groups (broad SMARTS) is 1. The molecule has 5 heteroatoms. The molecule has 1 rings (SSSR count). The lowest BCUT2D eigenvalue weighted by molar-refractivity contribution is -0.139. The van der Waals surface area contributed by atoms with Crippen molar-refractivity contribution >= 4 is 11.9 Å². The molecule has 1 atom stereocenters. The van der Waals surface area contributed by atoms with Crippen LogP contribution in [-0.2, 0) is 4.79 Å². The summed E-state index contributed by atoms with van der Waals surface area (Å²) in [4.78, 5) is 22.9. The van der Waals surface area contributed by atoms with Crippen molar-refractivity contribution in [1.82, 2.24) is 5.32 Å². The molecule has 5 nitrogen and oxygen atoms in total. The standard InChI is InChI=1S/C14H17NO4/c1-3-9-19-12-8-6-5-7-10(12)13(16)15-11(4-2)14(17)18/h3,5-8,11H,1,4,9H2,2H3,(H,15,16)(H,17,18)/t11-/m1/s1. The van der Waals surface area contributed by atoms with Crippen molar-refractivity contribution in [2.45, 2.75) is 19.4 Å². The van der Waals surface area contributed by atoms with E-state index in [2.05, 4.69) is 11.9 Å². The molecule has 0 spiro atoms. The van der Waals surface area contributed by atoms with Crippen molar-refractivity contribution in [2.75, 3.05) is 6.61 Å². The minimum absolute atomic E-state index is 0.278. The van der Waals surface area contributed by atoms with Gasteiger partial charge in [0.2, 0.25) is 0 Å². The van der Waals surface area contributed by atoms with Crippen LogP contribution in [0, 0.1) is 0 Å². The van der Waals surface area contributed by atoms with Gasteiger partial charge in [-0.3, -0.25) is 4.79 Å². The highest BCUT2D eigenvalue weighted by atomic mass is 16.5. The van der Waals surface area contributed by atoms with E-state index in [0.29, 0.717) is 17.7 Å². The van der Waals surface area contributed by atoms with Gasteiger partial charge in [-0.05, 0) is 18.6 Å². The molecule has 0 heterocycles. The zero-order valence-electron chi connectivity index (χ0n) is 10.8. The zero-order valence-corrected chi connectivity index (χ0v) is 10.8. The average Bonchev–Trinajstić information content (AvgIpc) is 2.42. The number of carbonyl (C=O) groups excluding carboxylic acids is 1. The van der Waals surface area contributed by atoms with Crippen LogP contribution in [0.25, 0.3) is 0 Å². The number of aliphatic carboxylic acids is 1. The molecule has 0 fully saturated rings. The van der Waals surface area contributed by atoms with Gasteiger partial charge >= 0.3 is 5.97 Å². The van der Waals surface area contributed by atoms with Gasteiger partial charge in [-0.15, -0.1) is 0 Å². The summed E-state index contributed by atoms with van der Waals surface area (Å²) in [7, 11) is 0. The molecule has 0 radical (unpaired) electrons. The smallest absolute Gasteiger partial charge is 0.326 e. The van der Waals surface area contributed by atoms with Crippen LogP contribution in [0.3, 0.4) is 0 Å². The number of nitrogens with one attached hydrogen (secondary N) is 1. The molecule has 1 aromatic carbocycles. The van der Waals surface area contributed by atoms with Gasteiger partial charge < -0.3 is 15.2 Å². The summed E-state index contributed by atoms with van der Waals surface area (Å²) < 4.78 is 5.36. The summed E-state index contributed by atoms with van der Waals surface area (Å²) in [6.45, 7) is 5.50. The van der Waals surface area contributed by atoms with Gasteiger partial charge in [0.15, 0.2) is 0 Å². The van der Waals surface area contributed by atoms with Crippen molar-refractivity contribution in [3.63, 3.8) is 0 Å². The molecule has 102 valence electrons. The summed E-state index contributed by atoms with van der Waals surface area (Å²) in [6.07, 6.45) is 1.89. The topological polar surface area (TPSA) is 75.6 Å². The Hall–Kier alpha value is -2.30. The fraction of sp³-hybridized carbons (Fsp3) is 0.286. The fourth-order valence-corrected chi connectivity index (χ4v) is 1.50. The number of benzene rings is 1. The largest absolute Gasteiger partial charge is 0.489 e. The highest BCUT2D eigenvalue weighted by Crippen LogP contribution is 2.18. The molecule has 1 amide bonds. The van der Waals surface area contributed by atoms with Gasteiger partial charge in [0.25, 0.3) is 5.91 Å². The first-order valence-corrected chi connectivity index (χ1v) is 5.96. The number of ether oxygens (including phenoxy) is 1. The van der Waals surface area contributed by atoms with Crippen molar-refractivity contribution < 1.29 is 19.4 Å². The van der Waals surface area contributed by atoms with Crippen molar-refractivity contribution in [2.24, 2.45) is 0 Å². The number of carboxylic acids is 1. The Morgan fingerprint density at radius 3 is 2.74 bits per heavy atom. The van der Waals surface area contributed by atoms with E-state index in [1.807, 2.05) is 0 Å². The lowest BCUT2D eigenvalue weighted by Crippen LogP contribution is -2.40. The summed E-state index contributed by atoms with van der Waals surface area (Å²) in [6, 6.07) is 5.77. The Balaban J connectivity index is 2.86. The van der Waals surface area contributed by atoms with E-state index >= 15 is 0 Å². The van der Waals surface area contributed by atoms with E-state index in [1.54, 1.807) is 37.3 Å². The predicted octanol–water partition coefficient (Wildman–Crippen LogP) is 1.84. The minimum atomic E-state index is -1.06. The van der Waals surface area contributed by atoms with Gasteiger partial charge in [-0.2, -0.15) is 0 Å². The van der Waals surface area contributed by atoms with Gasteiger partial charge in [0, 0.05) is 0 Å². The molecule has 0 saturated heterocycles. The van der Waals surface area contributed by atoms with Gasteiger partial charge in [0.05, 0.1) is 5.56 Å². The first-order chi connectivity index (χ1) is 9.10. The Kier molecular flexibility index (Phi) is 5.60. The van der Waals surface area contributed by atoms with Gasteiger partial charge in [0.1, 0.15) is 18.4 Å². The second kappa shape index (κ2) is 7.20. The van der Waals surface area contributed by atoms with Crippen LogP contribution in [0.1, 0.15) is 23.7 Å². The predicted molar refractivity (Wildman–Crippen MR) is 71.3 cm³/mol. The molecule has 0 saturated carbocycles. The normalized spacial score (nSPS) is 11.4. The molecule has 0 unspecified atom stereocenters. The zero-order chi connectivity index (χ0) is 14.3. The second-order valence-electron chi connectivity index (χ2n) is 3.87. The van der Waals surface area contributed by atoms with Crippen LogP contribution in [0.4, 0.5) is 0 Å². The summed E-state index contributed by atoms with van der Waals surface area (Å²) in [5.74, 6) is -1.12. The molecular weight excluding hydrogens is 246 g/mol. The Morgan fingerprint density at radius 1 is 1.47 bits per heavy atom. The number of carbonyl (C=O) groups is 2. The lowest BCUT2D eigenvalue weighted by atomic mass is 10.1. The van der Waals surface area contributed by atoms with E-state index in [0.717, 1.165) is 0 Å². The Labute approximate surface area is 111 Å². The maximum atomic E-state index is 12.0. The maximum absolute atomic E-state index is 12.0. The van der Waals surface area contributed by atoms with Crippen molar-refractivity contribution in [1.29, 1.82) is 0 Å². The molecule has 2 N–H and O–H groups in total. The first-order valence-electron chi connectivity index (χ1n) is 5.96. The highest BCUT2D eigenvalue weighted by Gasteiger charge is 2.20. The third-order valence-corrected chi connectivity index (χ3v) is 2.50. The fourth-order valence-electron chi connectivity index (χ4n) is 1.50. The molecular formula is C14H17NO4. The molecule has 0 aliphatic carbocycles. The Morgan fingerprint density at radius 2 is 2.16 bits per heavy atom. The lowest BCUT2D eigenvalue weighted by Gasteiger charge is -2.14. The van der Waals surface area contributed by atoms with Crippen LogP contribution < -0.4 is 10.1 Å². The third-order valence-electron chi connectivity index (χ3n) is 2.50. The van der Waals surface area contributed by atoms with Gasteiger partial charge in [-0.1, -0.05) is 31.7 Å². The SMILES string of the molecule is C=CCOc1ccccc1C(=O)N[C@H](CC)C(=O)O. The highest BCUT2D eigenvalue weighted by molar-refractivity contribution is 5.98. The number of rotatable bonds is 7. The van der Waals surface area contributed by atoms with Crippen LogP contribution >= 0.6 is 0 Å². The van der Waals surface area contributed by atoms with Crippen LogP contribution in [0.15, 0.2) is 36.9 Å². The van der Waals surface area contributed by atoms with Crippen molar-refractivity contribution in [3.05, 3.63) is 42.5 Å². The summed E-state index contributed by atoms with van der Waals surface area (Å²) >= 11 is 0. The third kappa shape index (κ3) is 4.13. The molecule has 0 aliphatic heterocycles. The molecule has 1 aromatic rings. The van der Waals surface area contributed by atoms with E-state index in [1.165, 1.54) is 0 Å². The minimum Gasteiger partial charge on any atom is -0.489 e. The Bertz CT molecular complexity index is 470. The van der Waals surface area contributed by atoms with Gasteiger partial charge in [-0.25, -0.2) is 4.79 Å². The second-order valence-corrected chi connectivity index (χ2v) is 3.87. The number of hydrogen-bond acceptors (Lipinski definition) is 3. The maximum Gasteiger partial charge on any atom is 0.326 e. The monoisotopic (exact) mass is 263 g/mol. The summed E-state index contributed by atoms with van der Waals surface area (Å²) in [5.41, 5.74) is 0.309. The van der Waals surface area contributed by atoms with E-state index in [-0.39, 0.29) is 6.61 Å². The van der Waals surface area contributed by atoms with Crippen molar-refractivity contribution in [3.8, 4) is 5.75 Å².